The third kappa shape index (κ3) is 4.54. The molecule has 6 nitrogen and oxygen atoms in total. The van der Waals surface area contributed by atoms with E-state index in [1.54, 1.807) is 19.2 Å². The van der Waals surface area contributed by atoms with E-state index in [2.05, 4.69) is 5.32 Å². The molecule has 0 spiro atoms. The van der Waals surface area contributed by atoms with Crippen molar-refractivity contribution in [2.45, 2.75) is 6.54 Å². The number of nitrogens with one attached hydrogen (secondary N) is 1. The summed E-state index contributed by atoms with van der Waals surface area (Å²) in [7, 11) is 3.53. The lowest BCUT2D eigenvalue weighted by molar-refractivity contribution is -0.136. The molecular weight excluding hydrogens is 282 g/mol. The van der Waals surface area contributed by atoms with Crippen LogP contribution in [0.5, 0.6) is 0 Å². The molecule has 1 saturated heterocycles. The summed E-state index contributed by atoms with van der Waals surface area (Å²) in [6, 6.07) is 7.43. The Morgan fingerprint density at radius 2 is 1.86 bits per heavy atom. The van der Waals surface area contributed by atoms with Crippen molar-refractivity contribution in [3.05, 3.63) is 35.4 Å². The van der Waals surface area contributed by atoms with Gasteiger partial charge in [0, 0.05) is 32.2 Å². The Morgan fingerprint density at radius 3 is 2.45 bits per heavy atom. The average Bonchev–Trinajstić information content (AvgIpc) is 2.55. The molecule has 6 heteroatoms. The van der Waals surface area contributed by atoms with E-state index in [9.17, 15) is 9.59 Å². The minimum atomic E-state index is -0.0950. The average molecular weight is 305 g/mol. The lowest BCUT2D eigenvalue weighted by Crippen LogP contribution is -2.44. The van der Waals surface area contributed by atoms with Gasteiger partial charge in [-0.2, -0.15) is 0 Å². The molecule has 1 aliphatic rings. The molecule has 0 radical (unpaired) electrons. The van der Waals surface area contributed by atoms with E-state index >= 15 is 0 Å². The third-order valence-electron chi connectivity index (χ3n) is 3.66. The first-order valence-corrected chi connectivity index (χ1v) is 7.45. The molecule has 1 fully saturated rings. The normalized spacial score (nSPS) is 15.0. The van der Waals surface area contributed by atoms with Crippen molar-refractivity contribution in [2.75, 3.05) is 46.9 Å². The Labute approximate surface area is 131 Å². The molecule has 22 heavy (non-hydrogen) atoms. The molecule has 2 amide bonds. The van der Waals surface area contributed by atoms with Gasteiger partial charge >= 0.3 is 0 Å². The first kappa shape index (κ1) is 16.5. The second-order valence-electron chi connectivity index (χ2n) is 5.44. The minimum absolute atomic E-state index is 0.0950. The Bertz CT molecular complexity index is 510. The van der Waals surface area contributed by atoms with E-state index in [4.69, 9.17) is 4.74 Å². The largest absolute Gasteiger partial charge is 0.378 e. The maximum atomic E-state index is 12.2. The number of carbonyl (C=O) groups excluding carboxylic acids is 2. The van der Waals surface area contributed by atoms with E-state index in [-0.39, 0.29) is 11.8 Å². The summed E-state index contributed by atoms with van der Waals surface area (Å²) in [5, 5.41) is 2.59. The Morgan fingerprint density at radius 1 is 1.23 bits per heavy atom. The fraction of sp³-hybridized carbons (Fsp3) is 0.500. The second kappa shape index (κ2) is 7.91. The molecule has 0 aliphatic carbocycles. The fourth-order valence-corrected chi connectivity index (χ4v) is 2.42. The zero-order valence-corrected chi connectivity index (χ0v) is 13.2. The Hall–Kier alpha value is -1.92. The van der Waals surface area contributed by atoms with Gasteiger partial charge in [0.1, 0.15) is 0 Å². The maximum absolute atomic E-state index is 12.2. The molecule has 1 N–H and O–H groups in total. The first-order valence-electron chi connectivity index (χ1n) is 7.45. The summed E-state index contributed by atoms with van der Waals surface area (Å²) in [6.07, 6.45) is 0. The van der Waals surface area contributed by atoms with Gasteiger partial charge in [-0.15, -0.1) is 0 Å². The van der Waals surface area contributed by atoms with Gasteiger partial charge in [-0.25, -0.2) is 0 Å². The van der Waals surface area contributed by atoms with E-state index < -0.39 is 0 Å². The van der Waals surface area contributed by atoms with Crippen LogP contribution in [0.15, 0.2) is 24.3 Å². The highest BCUT2D eigenvalue weighted by molar-refractivity contribution is 5.93. The summed E-state index contributed by atoms with van der Waals surface area (Å²) in [4.78, 5) is 27.5. The molecule has 2 rings (SSSR count). The van der Waals surface area contributed by atoms with Crippen LogP contribution in [0.4, 0.5) is 0 Å². The summed E-state index contributed by atoms with van der Waals surface area (Å²) in [5.74, 6) is 0.0372. The molecule has 1 heterocycles. The fourth-order valence-electron chi connectivity index (χ4n) is 2.42. The summed E-state index contributed by atoms with van der Waals surface area (Å²) in [6.45, 7) is 3.65. The van der Waals surface area contributed by atoms with Crippen LogP contribution in [0, 0.1) is 0 Å². The number of carbonyl (C=O) groups is 2. The summed E-state index contributed by atoms with van der Waals surface area (Å²) in [5.41, 5.74) is 1.71. The van der Waals surface area contributed by atoms with Crippen LogP contribution in [-0.2, 0) is 16.1 Å². The predicted molar refractivity (Wildman–Crippen MR) is 83.6 cm³/mol. The highest BCUT2D eigenvalue weighted by Crippen LogP contribution is 2.07. The number of amides is 2. The van der Waals surface area contributed by atoms with E-state index in [0.717, 1.165) is 5.56 Å². The van der Waals surface area contributed by atoms with Crippen LogP contribution in [0.25, 0.3) is 0 Å². The van der Waals surface area contributed by atoms with Gasteiger partial charge in [0.15, 0.2) is 0 Å². The van der Waals surface area contributed by atoms with Crippen LogP contribution in [0.1, 0.15) is 15.9 Å². The van der Waals surface area contributed by atoms with Crippen LogP contribution in [0.2, 0.25) is 0 Å². The molecular formula is C16H23N3O3. The Kier molecular flexibility index (Phi) is 5.91. The first-order chi connectivity index (χ1) is 10.6. The number of ether oxygens (including phenoxy) is 1. The highest BCUT2D eigenvalue weighted by Gasteiger charge is 2.18. The van der Waals surface area contributed by atoms with Crippen molar-refractivity contribution in [2.24, 2.45) is 0 Å². The van der Waals surface area contributed by atoms with Gasteiger partial charge in [-0.3, -0.25) is 14.5 Å². The minimum Gasteiger partial charge on any atom is -0.378 e. The number of morpholine rings is 1. The molecule has 120 valence electrons. The van der Waals surface area contributed by atoms with E-state index in [1.807, 2.05) is 29.0 Å². The van der Waals surface area contributed by atoms with Gasteiger partial charge in [0.2, 0.25) is 5.91 Å². The van der Waals surface area contributed by atoms with Crippen LogP contribution in [0.3, 0.4) is 0 Å². The lowest BCUT2D eigenvalue weighted by atomic mass is 10.1. The van der Waals surface area contributed by atoms with Crippen LogP contribution in [-0.4, -0.2) is 68.6 Å². The van der Waals surface area contributed by atoms with Gasteiger partial charge in [0.25, 0.3) is 5.91 Å². The number of benzene rings is 1. The van der Waals surface area contributed by atoms with Crippen LogP contribution < -0.4 is 5.32 Å². The van der Waals surface area contributed by atoms with Gasteiger partial charge < -0.3 is 15.0 Å². The molecule has 1 aromatic rings. The quantitative estimate of drug-likeness (QED) is 0.852. The van der Waals surface area contributed by atoms with Crippen LogP contribution >= 0.6 is 0 Å². The summed E-state index contributed by atoms with van der Waals surface area (Å²) < 4.78 is 5.25. The van der Waals surface area contributed by atoms with E-state index in [1.165, 1.54) is 0 Å². The monoisotopic (exact) mass is 305 g/mol. The molecule has 0 atom stereocenters. The van der Waals surface area contributed by atoms with Crippen molar-refractivity contribution in [3.63, 3.8) is 0 Å². The zero-order valence-electron chi connectivity index (χ0n) is 13.2. The predicted octanol–water partition coefficient (Wildman–Crippen LogP) is 0.337. The molecule has 0 saturated carbocycles. The lowest BCUT2D eigenvalue weighted by Gasteiger charge is -2.28. The molecule has 0 unspecified atom stereocenters. The van der Waals surface area contributed by atoms with Crippen molar-refractivity contribution >= 4 is 11.8 Å². The third-order valence-corrected chi connectivity index (χ3v) is 3.66. The summed E-state index contributed by atoms with van der Waals surface area (Å²) >= 11 is 0. The van der Waals surface area contributed by atoms with Crippen molar-refractivity contribution in [1.82, 2.24) is 15.1 Å². The highest BCUT2D eigenvalue weighted by atomic mass is 16.5. The standard InChI is InChI=1S/C16H23N3O3/c1-17-16(21)14-5-3-13(4-6-14)11-18(2)12-15(20)19-7-9-22-10-8-19/h3-6H,7-12H2,1-2H3,(H,17,21). The molecule has 1 aliphatic heterocycles. The van der Waals surface area contributed by atoms with Gasteiger partial charge in [0.05, 0.1) is 19.8 Å². The topological polar surface area (TPSA) is 61.9 Å². The van der Waals surface area contributed by atoms with Gasteiger partial charge in [-0.05, 0) is 24.7 Å². The number of nitrogens with zero attached hydrogens (tertiary/aromatic N) is 2. The number of hydrogen-bond acceptors (Lipinski definition) is 4. The molecule has 0 bridgehead atoms. The number of likely N-dealkylation sites (N-methyl/N-ethyl adjacent to an activating group) is 1. The van der Waals surface area contributed by atoms with Crippen molar-refractivity contribution < 1.29 is 14.3 Å². The second-order valence-corrected chi connectivity index (χ2v) is 5.44. The Balaban J connectivity index is 1.84. The zero-order chi connectivity index (χ0) is 15.9. The molecule has 1 aromatic carbocycles. The van der Waals surface area contributed by atoms with Crippen molar-refractivity contribution in [1.29, 1.82) is 0 Å². The SMILES string of the molecule is CNC(=O)c1ccc(CN(C)CC(=O)N2CCOCC2)cc1. The smallest absolute Gasteiger partial charge is 0.251 e. The van der Waals surface area contributed by atoms with Gasteiger partial charge in [-0.1, -0.05) is 12.1 Å². The maximum Gasteiger partial charge on any atom is 0.251 e. The molecule has 0 aromatic heterocycles. The number of rotatable bonds is 5. The van der Waals surface area contributed by atoms with E-state index in [0.29, 0.717) is 45.0 Å². The number of hydrogen-bond donors (Lipinski definition) is 1. The van der Waals surface area contributed by atoms with Crippen molar-refractivity contribution in [3.8, 4) is 0 Å².